The highest BCUT2D eigenvalue weighted by atomic mass is 19.3. The lowest BCUT2D eigenvalue weighted by Gasteiger charge is -2.23. The topological polar surface area (TPSA) is 36.9 Å². The van der Waals surface area contributed by atoms with E-state index in [-0.39, 0.29) is 17.2 Å². The number of ether oxygens (including phenoxy) is 4. The minimum Gasteiger partial charge on any atom is -0.461 e. The molecule has 1 atom stereocenters. The van der Waals surface area contributed by atoms with Crippen LogP contribution in [0.25, 0.3) is 0 Å². The van der Waals surface area contributed by atoms with Crippen LogP contribution in [0.5, 0.6) is 17.2 Å². The molecule has 1 fully saturated rings. The Balaban J connectivity index is 1.79. The highest BCUT2D eigenvalue weighted by Gasteiger charge is 2.45. The van der Waals surface area contributed by atoms with Gasteiger partial charge in [-0.1, -0.05) is 6.07 Å². The summed E-state index contributed by atoms with van der Waals surface area (Å²) < 4.78 is 45.6. The van der Waals surface area contributed by atoms with E-state index in [0.717, 1.165) is 19.3 Å². The van der Waals surface area contributed by atoms with Crippen molar-refractivity contribution in [1.29, 1.82) is 0 Å². The molecular weight excluding hydrogens is 246 g/mol. The lowest BCUT2D eigenvalue weighted by Crippen LogP contribution is -2.27. The second kappa shape index (κ2) is 4.28. The van der Waals surface area contributed by atoms with Crippen LogP contribution < -0.4 is 14.2 Å². The predicted molar refractivity (Wildman–Crippen MR) is 56.9 cm³/mol. The lowest BCUT2D eigenvalue weighted by molar-refractivity contribution is -0.287. The Kier molecular flexibility index (Phi) is 2.74. The van der Waals surface area contributed by atoms with Gasteiger partial charge in [-0.15, -0.1) is 8.78 Å². The van der Waals surface area contributed by atoms with Gasteiger partial charge in [-0.3, -0.25) is 0 Å². The molecule has 18 heavy (non-hydrogen) atoms. The van der Waals surface area contributed by atoms with Crippen LogP contribution in [0.3, 0.4) is 0 Å². The molecule has 0 saturated carbocycles. The molecule has 0 radical (unpaired) electrons. The van der Waals surface area contributed by atoms with Gasteiger partial charge in [-0.2, -0.15) is 0 Å². The first kappa shape index (κ1) is 11.5. The number of para-hydroxylation sites is 1. The van der Waals surface area contributed by atoms with Gasteiger partial charge < -0.3 is 18.9 Å². The van der Waals surface area contributed by atoms with Crippen molar-refractivity contribution in [3.8, 4) is 17.2 Å². The lowest BCUT2D eigenvalue weighted by atomic mass is 10.2. The van der Waals surface area contributed by atoms with E-state index in [9.17, 15) is 8.78 Å². The smallest absolute Gasteiger partial charge is 0.461 e. The van der Waals surface area contributed by atoms with Crippen molar-refractivity contribution in [3.63, 3.8) is 0 Å². The number of hydrogen-bond acceptors (Lipinski definition) is 4. The molecule has 1 aromatic rings. The number of hydrogen-bond donors (Lipinski definition) is 0. The average Bonchev–Trinajstić information content (AvgIpc) is 2.66. The zero-order valence-electron chi connectivity index (χ0n) is 9.53. The van der Waals surface area contributed by atoms with Gasteiger partial charge in [0.1, 0.15) is 0 Å². The van der Waals surface area contributed by atoms with Crippen LogP contribution in [0.15, 0.2) is 18.2 Å². The van der Waals surface area contributed by atoms with E-state index >= 15 is 0 Å². The molecule has 2 aliphatic heterocycles. The minimum absolute atomic E-state index is 0.0201. The van der Waals surface area contributed by atoms with Gasteiger partial charge in [0.05, 0.1) is 6.61 Å². The first-order chi connectivity index (χ1) is 8.64. The first-order valence-electron chi connectivity index (χ1n) is 5.81. The van der Waals surface area contributed by atoms with Crippen molar-refractivity contribution >= 4 is 0 Å². The van der Waals surface area contributed by atoms with E-state index < -0.39 is 12.6 Å². The summed E-state index contributed by atoms with van der Waals surface area (Å²) >= 11 is 0. The van der Waals surface area contributed by atoms with E-state index in [0.29, 0.717) is 6.61 Å². The molecule has 0 amide bonds. The Hall–Kier alpha value is -1.56. The molecule has 1 aromatic carbocycles. The molecule has 3 rings (SSSR count). The molecule has 98 valence electrons. The Bertz CT molecular complexity index is 444. The predicted octanol–water partition coefficient (Wildman–Crippen LogP) is 2.91. The summed E-state index contributed by atoms with van der Waals surface area (Å²) in [6, 6.07) is 4.54. The third-order valence-electron chi connectivity index (χ3n) is 2.79. The first-order valence-corrected chi connectivity index (χ1v) is 5.81. The van der Waals surface area contributed by atoms with Crippen LogP contribution in [-0.4, -0.2) is 19.2 Å². The van der Waals surface area contributed by atoms with E-state index in [1.807, 2.05) is 0 Å². The van der Waals surface area contributed by atoms with Gasteiger partial charge in [-0.25, -0.2) is 0 Å². The minimum atomic E-state index is -3.63. The molecule has 1 saturated heterocycles. The largest absolute Gasteiger partial charge is 0.586 e. The molecule has 0 bridgehead atoms. The van der Waals surface area contributed by atoms with Gasteiger partial charge in [0.2, 0.25) is 5.75 Å². The van der Waals surface area contributed by atoms with Gasteiger partial charge in [0.25, 0.3) is 0 Å². The maximum absolute atomic E-state index is 13.0. The Morgan fingerprint density at radius 3 is 2.89 bits per heavy atom. The molecule has 0 aromatic heterocycles. The van der Waals surface area contributed by atoms with E-state index in [1.165, 1.54) is 6.07 Å². The van der Waals surface area contributed by atoms with Crippen LogP contribution in [0.1, 0.15) is 19.3 Å². The summed E-state index contributed by atoms with van der Waals surface area (Å²) in [6.07, 6.45) is -1.32. The summed E-state index contributed by atoms with van der Waals surface area (Å²) in [5.74, 6) is 0.126. The molecule has 0 aliphatic carbocycles. The standard InChI is InChI=1S/C12H12F2O4/c13-12(14)17-9-5-3-4-8(11(9)18-12)16-10-6-1-2-7-15-10/h3-5,10H,1-2,6-7H2. The van der Waals surface area contributed by atoms with Gasteiger partial charge in [-0.05, 0) is 25.0 Å². The normalized spacial score (nSPS) is 24.9. The summed E-state index contributed by atoms with van der Waals surface area (Å²) in [7, 11) is 0. The fourth-order valence-corrected chi connectivity index (χ4v) is 1.98. The van der Waals surface area contributed by atoms with Crippen LogP contribution in [0.2, 0.25) is 0 Å². The monoisotopic (exact) mass is 258 g/mol. The number of alkyl halides is 2. The van der Waals surface area contributed by atoms with Crippen LogP contribution >= 0.6 is 0 Å². The maximum Gasteiger partial charge on any atom is 0.586 e. The van der Waals surface area contributed by atoms with Crippen molar-refractivity contribution < 1.29 is 27.7 Å². The van der Waals surface area contributed by atoms with Gasteiger partial charge in [0, 0.05) is 6.42 Å². The molecule has 2 heterocycles. The van der Waals surface area contributed by atoms with Crippen LogP contribution in [0, 0.1) is 0 Å². The summed E-state index contributed by atoms with van der Waals surface area (Å²) in [5.41, 5.74) is 0. The van der Waals surface area contributed by atoms with Crippen molar-refractivity contribution in [1.82, 2.24) is 0 Å². The van der Waals surface area contributed by atoms with E-state index in [4.69, 9.17) is 9.47 Å². The Labute approximate surface area is 102 Å². The quantitative estimate of drug-likeness (QED) is 0.817. The molecule has 6 heteroatoms. The molecule has 0 spiro atoms. The summed E-state index contributed by atoms with van der Waals surface area (Å²) in [6.45, 7) is 0.618. The molecule has 0 N–H and O–H groups in total. The molecular formula is C12H12F2O4. The van der Waals surface area contributed by atoms with Crippen LogP contribution in [-0.2, 0) is 4.74 Å². The van der Waals surface area contributed by atoms with Gasteiger partial charge in [0.15, 0.2) is 17.8 Å². The third-order valence-corrected chi connectivity index (χ3v) is 2.79. The second-order valence-electron chi connectivity index (χ2n) is 4.16. The van der Waals surface area contributed by atoms with Crippen molar-refractivity contribution in [2.45, 2.75) is 31.8 Å². The highest BCUT2D eigenvalue weighted by Crippen LogP contribution is 2.47. The SMILES string of the molecule is FC1(F)Oc2cccc(OC3CCCCO3)c2O1. The number of benzene rings is 1. The molecule has 2 aliphatic rings. The van der Waals surface area contributed by atoms with E-state index in [1.54, 1.807) is 12.1 Å². The number of halogens is 2. The highest BCUT2D eigenvalue weighted by molar-refractivity contribution is 5.53. The molecule has 1 unspecified atom stereocenters. The Morgan fingerprint density at radius 1 is 1.22 bits per heavy atom. The molecule has 4 nitrogen and oxygen atoms in total. The number of fused-ring (bicyclic) bond motifs is 1. The van der Waals surface area contributed by atoms with Crippen molar-refractivity contribution in [2.24, 2.45) is 0 Å². The maximum atomic E-state index is 13.0. The second-order valence-corrected chi connectivity index (χ2v) is 4.16. The van der Waals surface area contributed by atoms with Crippen molar-refractivity contribution in [2.75, 3.05) is 6.61 Å². The van der Waals surface area contributed by atoms with Crippen molar-refractivity contribution in [3.05, 3.63) is 18.2 Å². The third kappa shape index (κ3) is 2.20. The number of rotatable bonds is 2. The van der Waals surface area contributed by atoms with Crippen LogP contribution in [0.4, 0.5) is 8.78 Å². The zero-order chi connectivity index (χ0) is 12.6. The summed E-state index contributed by atoms with van der Waals surface area (Å²) in [5, 5.41) is 0. The fraction of sp³-hybridized carbons (Fsp3) is 0.500. The zero-order valence-corrected chi connectivity index (χ0v) is 9.53. The van der Waals surface area contributed by atoms with E-state index in [2.05, 4.69) is 9.47 Å². The van der Waals surface area contributed by atoms with Gasteiger partial charge >= 0.3 is 6.29 Å². The fourth-order valence-electron chi connectivity index (χ4n) is 1.98. The average molecular weight is 258 g/mol. The Morgan fingerprint density at radius 2 is 2.11 bits per heavy atom. The summed E-state index contributed by atoms with van der Waals surface area (Å²) in [4.78, 5) is 0.